The molecular weight excluding hydrogens is 400 g/mol. The average Bonchev–Trinajstić information content (AvgIpc) is 3.06. The Morgan fingerprint density at radius 3 is 2.62 bits per heavy atom. The quantitative estimate of drug-likeness (QED) is 0.249. The van der Waals surface area contributed by atoms with Crippen molar-refractivity contribution >= 4 is 51.7 Å². The van der Waals surface area contributed by atoms with E-state index in [1.807, 2.05) is 60.7 Å². The molecule has 0 atom stereocenters. The number of halogens is 1. The minimum atomic E-state index is 0.440. The Kier molecular flexibility index (Phi) is 5.89. The lowest BCUT2D eigenvalue weighted by atomic mass is 10.2. The van der Waals surface area contributed by atoms with Gasteiger partial charge in [-0.25, -0.2) is 0 Å². The first-order chi connectivity index (χ1) is 14.2. The van der Waals surface area contributed by atoms with Gasteiger partial charge in [-0.15, -0.1) is 0 Å². The summed E-state index contributed by atoms with van der Waals surface area (Å²) in [6.45, 7) is 0.732. The van der Waals surface area contributed by atoms with Crippen LogP contribution in [0, 0.1) is 0 Å². The standard InChI is InChI=1S/C23H19ClN4S/c24-19-8-6-7-17(13-19)15-28-16-18(21-11-4-5-12-22(21)28)14-25-27-23(29)26-20-9-2-1-3-10-20/h1-14,16H,15H2,(H2,26,27,29)/b25-14+. The predicted octanol–water partition coefficient (Wildman–Crippen LogP) is 5.66. The van der Waals surface area contributed by atoms with Crippen LogP contribution in [0.1, 0.15) is 11.1 Å². The summed E-state index contributed by atoms with van der Waals surface area (Å²) in [4.78, 5) is 0. The maximum absolute atomic E-state index is 6.13. The molecule has 0 saturated heterocycles. The number of aromatic nitrogens is 1. The molecule has 0 saturated carbocycles. The van der Waals surface area contributed by atoms with E-state index in [4.69, 9.17) is 23.8 Å². The second-order valence-corrected chi connectivity index (χ2v) is 7.39. The Morgan fingerprint density at radius 1 is 1.00 bits per heavy atom. The number of hydrogen-bond donors (Lipinski definition) is 2. The normalized spacial score (nSPS) is 11.1. The zero-order chi connectivity index (χ0) is 20.1. The molecule has 1 heterocycles. The number of nitrogens with zero attached hydrogens (tertiary/aromatic N) is 2. The third-order valence-electron chi connectivity index (χ3n) is 4.46. The van der Waals surface area contributed by atoms with Crippen molar-refractivity contribution in [1.82, 2.24) is 9.99 Å². The van der Waals surface area contributed by atoms with Crippen LogP contribution >= 0.6 is 23.8 Å². The maximum Gasteiger partial charge on any atom is 0.191 e. The monoisotopic (exact) mass is 418 g/mol. The lowest BCUT2D eigenvalue weighted by Gasteiger charge is -2.06. The van der Waals surface area contributed by atoms with Gasteiger partial charge >= 0.3 is 0 Å². The first kappa shape index (κ1) is 19.2. The molecule has 2 N–H and O–H groups in total. The second-order valence-electron chi connectivity index (χ2n) is 6.55. The predicted molar refractivity (Wildman–Crippen MR) is 126 cm³/mol. The summed E-state index contributed by atoms with van der Waals surface area (Å²) in [6, 6.07) is 25.9. The highest BCUT2D eigenvalue weighted by atomic mass is 35.5. The third-order valence-corrected chi connectivity index (χ3v) is 4.89. The molecule has 0 aliphatic heterocycles. The number of benzene rings is 3. The van der Waals surface area contributed by atoms with Gasteiger partial charge in [0.05, 0.1) is 6.21 Å². The second kappa shape index (κ2) is 8.90. The number of hydrogen-bond acceptors (Lipinski definition) is 2. The molecule has 0 amide bonds. The summed E-state index contributed by atoms with van der Waals surface area (Å²) in [5.74, 6) is 0. The molecule has 4 rings (SSSR count). The van der Waals surface area contributed by atoms with Gasteiger partial charge in [-0.1, -0.05) is 60.1 Å². The van der Waals surface area contributed by atoms with Gasteiger partial charge in [-0.3, -0.25) is 5.43 Å². The summed E-state index contributed by atoms with van der Waals surface area (Å²) in [5, 5.41) is 9.71. The molecule has 29 heavy (non-hydrogen) atoms. The molecule has 0 radical (unpaired) electrons. The van der Waals surface area contributed by atoms with E-state index in [0.717, 1.165) is 39.3 Å². The van der Waals surface area contributed by atoms with Crippen LogP contribution in [0.25, 0.3) is 10.9 Å². The fraction of sp³-hybridized carbons (Fsp3) is 0.0435. The van der Waals surface area contributed by atoms with Gasteiger partial charge < -0.3 is 9.88 Å². The molecule has 0 aliphatic rings. The van der Waals surface area contributed by atoms with E-state index in [1.165, 1.54) is 0 Å². The Labute approximate surface area is 179 Å². The fourth-order valence-corrected chi connectivity index (χ4v) is 3.57. The van der Waals surface area contributed by atoms with Crippen LogP contribution < -0.4 is 10.7 Å². The molecule has 144 valence electrons. The number of nitrogens with one attached hydrogen (secondary N) is 2. The van der Waals surface area contributed by atoms with Crippen LogP contribution in [-0.2, 0) is 6.54 Å². The number of hydrazone groups is 1. The van der Waals surface area contributed by atoms with Gasteiger partial charge in [0.25, 0.3) is 0 Å². The number of thiocarbonyl (C=S) groups is 1. The van der Waals surface area contributed by atoms with E-state index in [2.05, 4.69) is 44.8 Å². The van der Waals surface area contributed by atoms with Crippen molar-refractivity contribution < 1.29 is 0 Å². The topological polar surface area (TPSA) is 41.4 Å². The Morgan fingerprint density at radius 2 is 1.79 bits per heavy atom. The van der Waals surface area contributed by atoms with Crippen LogP contribution in [0.5, 0.6) is 0 Å². The van der Waals surface area contributed by atoms with Gasteiger partial charge in [-0.2, -0.15) is 5.10 Å². The molecule has 0 spiro atoms. The van der Waals surface area contributed by atoms with Crippen molar-refractivity contribution in [2.24, 2.45) is 5.10 Å². The summed E-state index contributed by atoms with van der Waals surface area (Å²) < 4.78 is 2.20. The lowest BCUT2D eigenvalue weighted by molar-refractivity contribution is 0.836. The van der Waals surface area contributed by atoms with Gasteiger partial charge in [0.2, 0.25) is 0 Å². The summed E-state index contributed by atoms with van der Waals surface area (Å²) in [5.41, 5.74) is 7.08. The van der Waals surface area contributed by atoms with E-state index in [0.29, 0.717) is 5.11 Å². The highest BCUT2D eigenvalue weighted by molar-refractivity contribution is 7.80. The van der Waals surface area contributed by atoms with E-state index in [-0.39, 0.29) is 0 Å². The van der Waals surface area contributed by atoms with Crippen LogP contribution in [0.15, 0.2) is 90.2 Å². The lowest BCUT2D eigenvalue weighted by Crippen LogP contribution is -2.23. The van der Waals surface area contributed by atoms with Crippen LogP contribution in [0.4, 0.5) is 5.69 Å². The van der Waals surface area contributed by atoms with Crippen LogP contribution in [0.2, 0.25) is 5.02 Å². The highest BCUT2D eigenvalue weighted by Gasteiger charge is 2.07. The largest absolute Gasteiger partial charge is 0.342 e. The SMILES string of the molecule is S=C(N/N=C/c1cn(Cc2cccc(Cl)c2)c2ccccc12)Nc1ccccc1. The van der Waals surface area contributed by atoms with E-state index >= 15 is 0 Å². The molecule has 1 aromatic heterocycles. The first-order valence-corrected chi connectivity index (χ1v) is 9.95. The van der Waals surface area contributed by atoms with Gasteiger partial charge in [0, 0.05) is 39.9 Å². The van der Waals surface area contributed by atoms with Crippen molar-refractivity contribution in [3.8, 4) is 0 Å². The summed E-state index contributed by atoms with van der Waals surface area (Å²) in [6.07, 6.45) is 3.88. The van der Waals surface area contributed by atoms with Crippen LogP contribution in [-0.4, -0.2) is 15.9 Å². The zero-order valence-electron chi connectivity index (χ0n) is 15.5. The van der Waals surface area contributed by atoms with Crippen molar-refractivity contribution in [2.45, 2.75) is 6.54 Å². The minimum Gasteiger partial charge on any atom is -0.342 e. The van der Waals surface area contributed by atoms with Gasteiger partial charge in [0.1, 0.15) is 0 Å². The average molecular weight is 419 g/mol. The number of anilines is 1. The Balaban J connectivity index is 1.51. The fourth-order valence-electron chi connectivity index (χ4n) is 3.18. The first-order valence-electron chi connectivity index (χ1n) is 9.16. The summed E-state index contributed by atoms with van der Waals surface area (Å²) >= 11 is 11.4. The van der Waals surface area contributed by atoms with Crippen molar-refractivity contribution in [1.29, 1.82) is 0 Å². The molecule has 4 aromatic rings. The molecule has 4 nitrogen and oxygen atoms in total. The van der Waals surface area contributed by atoms with E-state index in [1.54, 1.807) is 6.21 Å². The van der Waals surface area contributed by atoms with Crippen molar-refractivity contribution in [3.63, 3.8) is 0 Å². The van der Waals surface area contributed by atoms with E-state index < -0.39 is 0 Å². The van der Waals surface area contributed by atoms with E-state index in [9.17, 15) is 0 Å². The highest BCUT2D eigenvalue weighted by Crippen LogP contribution is 2.22. The molecule has 6 heteroatoms. The van der Waals surface area contributed by atoms with Crippen molar-refractivity contribution in [2.75, 3.05) is 5.32 Å². The summed E-state index contributed by atoms with van der Waals surface area (Å²) in [7, 11) is 0. The number of rotatable bonds is 5. The molecular formula is C23H19ClN4S. The van der Waals surface area contributed by atoms with Crippen LogP contribution in [0.3, 0.4) is 0 Å². The number of para-hydroxylation sites is 2. The Hall–Kier alpha value is -3.15. The third kappa shape index (κ3) is 4.83. The van der Waals surface area contributed by atoms with Gasteiger partial charge in [-0.05, 0) is 48.1 Å². The van der Waals surface area contributed by atoms with Crippen molar-refractivity contribution in [3.05, 3.63) is 101 Å². The number of fused-ring (bicyclic) bond motifs is 1. The minimum absolute atomic E-state index is 0.440. The molecule has 0 fully saturated rings. The molecule has 0 aliphatic carbocycles. The Bertz CT molecular complexity index is 1170. The molecule has 3 aromatic carbocycles. The molecule has 0 unspecified atom stereocenters. The molecule has 0 bridgehead atoms. The van der Waals surface area contributed by atoms with Gasteiger partial charge in [0.15, 0.2) is 5.11 Å². The smallest absolute Gasteiger partial charge is 0.191 e. The maximum atomic E-state index is 6.13. The zero-order valence-corrected chi connectivity index (χ0v) is 17.1.